The highest BCUT2D eigenvalue weighted by atomic mass is 32.2. The number of carbonyl (C=O) groups excluding carboxylic acids is 1. The predicted octanol–water partition coefficient (Wildman–Crippen LogP) is 4.41. The molecule has 1 saturated carbocycles. The van der Waals surface area contributed by atoms with Crippen molar-refractivity contribution < 1.29 is 13.2 Å². The molecule has 0 bridgehead atoms. The van der Waals surface area contributed by atoms with Crippen molar-refractivity contribution in [1.29, 1.82) is 0 Å². The lowest BCUT2D eigenvalue weighted by Gasteiger charge is -2.41. The second kappa shape index (κ2) is 8.91. The molecule has 2 aliphatic rings. The second-order valence-corrected chi connectivity index (χ2v) is 11.4. The van der Waals surface area contributed by atoms with Gasteiger partial charge < -0.3 is 4.90 Å². The molecule has 0 N–H and O–H groups in total. The van der Waals surface area contributed by atoms with Crippen molar-refractivity contribution >= 4 is 15.8 Å². The minimum absolute atomic E-state index is 0.00500. The minimum atomic E-state index is -3.64. The Balaban J connectivity index is 2.02. The predicted molar refractivity (Wildman–Crippen MR) is 125 cm³/mol. The molecule has 1 aromatic rings. The number of sulfonamides is 1. The van der Waals surface area contributed by atoms with E-state index in [0.717, 1.165) is 29.8 Å². The fourth-order valence-corrected chi connectivity index (χ4v) is 7.07. The lowest BCUT2D eigenvalue weighted by molar-refractivity contribution is -0.128. The van der Waals surface area contributed by atoms with Crippen LogP contribution in [0.25, 0.3) is 0 Å². The van der Waals surface area contributed by atoms with Crippen LogP contribution in [0.15, 0.2) is 53.1 Å². The van der Waals surface area contributed by atoms with Crippen LogP contribution < -0.4 is 0 Å². The van der Waals surface area contributed by atoms with E-state index in [1.165, 1.54) is 4.31 Å². The molecule has 2 atom stereocenters. The number of fused-ring (bicyclic) bond motifs is 1. The molecule has 3 rings (SSSR count). The molecule has 170 valence electrons. The zero-order chi connectivity index (χ0) is 23.0. The first-order valence-corrected chi connectivity index (χ1v) is 12.7. The molecular formula is C25H36N2O3S. The smallest absolute Gasteiger partial charge is 0.243 e. The number of ketones is 1. The number of rotatable bonds is 8. The van der Waals surface area contributed by atoms with E-state index in [1.54, 1.807) is 18.2 Å². The third-order valence-electron chi connectivity index (χ3n) is 6.81. The topological polar surface area (TPSA) is 57.7 Å². The van der Waals surface area contributed by atoms with E-state index < -0.39 is 10.0 Å². The average molecular weight is 445 g/mol. The van der Waals surface area contributed by atoms with Gasteiger partial charge in [-0.05, 0) is 49.3 Å². The van der Waals surface area contributed by atoms with Gasteiger partial charge in [-0.15, -0.1) is 6.58 Å². The van der Waals surface area contributed by atoms with Crippen molar-refractivity contribution in [3.8, 4) is 0 Å². The van der Waals surface area contributed by atoms with Gasteiger partial charge in [0.05, 0.1) is 10.8 Å². The van der Waals surface area contributed by atoms with Crippen LogP contribution >= 0.6 is 0 Å². The van der Waals surface area contributed by atoms with Crippen molar-refractivity contribution in [1.82, 2.24) is 9.21 Å². The van der Waals surface area contributed by atoms with Gasteiger partial charge in [0.25, 0.3) is 0 Å². The molecule has 31 heavy (non-hydrogen) atoms. The lowest BCUT2D eigenvalue weighted by Crippen LogP contribution is -2.45. The first-order valence-electron chi connectivity index (χ1n) is 11.2. The van der Waals surface area contributed by atoms with Gasteiger partial charge in [-0.3, -0.25) is 4.79 Å². The quantitative estimate of drug-likeness (QED) is 0.558. The average Bonchev–Trinajstić information content (AvgIpc) is 2.96. The van der Waals surface area contributed by atoms with Gasteiger partial charge in [0, 0.05) is 37.8 Å². The Kier molecular flexibility index (Phi) is 6.82. The van der Waals surface area contributed by atoms with Gasteiger partial charge in [-0.2, -0.15) is 4.31 Å². The number of allylic oxidation sites excluding steroid dienone is 1. The maximum absolute atomic E-state index is 13.4. The molecule has 1 aliphatic carbocycles. The molecule has 5 nitrogen and oxygen atoms in total. The molecule has 1 heterocycles. The summed E-state index contributed by atoms with van der Waals surface area (Å²) in [5.41, 5.74) is 2.97. The summed E-state index contributed by atoms with van der Waals surface area (Å²) < 4.78 is 28.2. The molecular weight excluding hydrogens is 408 g/mol. The Morgan fingerprint density at radius 3 is 2.55 bits per heavy atom. The summed E-state index contributed by atoms with van der Waals surface area (Å²) in [6, 6.07) is 7.39. The normalized spacial score (nSPS) is 23.4. The summed E-state index contributed by atoms with van der Waals surface area (Å²) in [5.74, 6) is 0.146. The number of benzene rings is 1. The third kappa shape index (κ3) is 4.37. The Labute approximate surface area is 187 Å². The zero-order valence-electron chi connectivity index (χ0n) is 19.5. The molecule has 0 radical (unpaired) electrons. The van der Waals surface area contributed by atoms with Crippen molar-refractivity contribution in [3.63, 3.8) is 0 Å². The van der Waals surface area contributed by atoms with E-state index in [4.69, 9.17) is 0 Å². The molecule has 6 heteroatoms. The van der Waals surface area contributed by atoms with Crippen LogP contribution in [-0.4, -0.2) is 49.1 Å². The number of carbonyl (C=O) groups is 1. The summed E-state index contributed by atoms with van der Waals surface area (Å²) in [5, 5.41) is 0. The molecule has 0 spiro atoms. The summed E-state index contributed by atoms with van der Waals surface area (Å²) in [6.45, 7) is 15.6. The largest absolute Gasteiger partial charge is 0.371 e. The van der Waals surface area contributed by atoms with Crippen molar-refractivity contribution in [2.75, 3.05) is 19.6 Å². The van der Waals surface area contributed by atoms with E-state index >= 15 is 0 Å². The van der Waals surface area contributed by atoms with Crippen molar-refractivity contribution in [2.24, 2.45) is 11.3 Å². The Morgan fingerprint density at radius 1 is 1.26 bits per heavy atom. The third-order valence-corrected chi connectivity index (χ3v) is 8.86. The molecule has 2 unspecified atom stereocenters. The summed E-state index contributed by atoms with van der Waals surface area (Å²) >= 11 is 0. The van der Waals surface area contributed by atoms with Gasteiger partial charge in [0.15, 0.2) is 0 Å². The molecule has 0 saturated heterocycles. The van der Waals surface area contributed by atoms with Gasteiger partial charge >= 0.3 is 0 Å². The van der Waals surface area contributed by atoms with Crippen LogP contribution in [0.2, 0.25) is 0 Å². The highest BCUT2D eigenvalue weighted by Gasteiger charge is 2.49. The summed E-state index contributed by atoms with van der Waals surface area (Å²) in [4.78, 5) is 15.9. The minimum Gasteiger partial charge on any atom is -0.371 e. The van der Waals surface area contributed by atoms with E-state index in [9.17, 15) is 13.2 Å². The SMILES string of the molecule is C=CCN(CC)S(=O)(=O)c1ccccc1CC1=C(C)N(CC)C2CC(C)(C)CC(=O)C12. The summed E-state index contributed by atoms with van der Waals surface area (Å²) in [7, 11) is -3.64. The van der Waals surface area contributed by atoms with Crippen LogP contribution in [0.3, 0.4) is 0 Å². The number of likely N-dealkylation sites (N-methyl/N-ethyl adjacent to an activating group) is 1. The number of hydrogen-bond acceptors (Lipinski definition) is 4. The maximum atomic E-state index is 13.4. The molecule has 0 aromatic heterocycles. The first kappa shape index (κ1) is 23.7. The molecule has 1 aromatic carbocycles. The maximum Gasteiger partial charge on any atom is 0.243 e. The highest BCUT2D eigenvalue weighted by molar-refractivity contribution is 7.89. The van der Waals surface area contributed by atoms with Gasteiger partial charge in [-0.25, -0.2) is 8.42 Å². The van der Waals surface area contributed by atoms with E-state index in [0.29, 0.717) is 24.3 Å². The van der Waals surface area contributed by atoms with Gasteiger partial charge in [0.2, 0.25) is 10.0 Å². The van der Waals surface area contributed by atoms with Crippen molar-refractivity contribution in [2.45, 2.75) is 64.8 Å². The van der Waals surface area contributed by atoms with Crippen LogP contribution in [0.4, 0.5) is 0 Å². The van der Waals surface area contributed by atoms with Crippen LogP contribution in [0.1, 0.15) is 53.0 Å². The first-order chi connectivity index (χ1) is 14.6. The Hall–Kier alpha value is -1.92. The van der Waals surface area contributed by atoms with E-state index in [-0.39, 0.29) is 29.7 Å². The van der Waals surface area contributed by atoms with Crippen LogP contribution in [0.5, 0.6) is 0 Å². The van der Waals surface area contributed by atoms with Gasteiger partial charge in [-0.1, -0.05) is 45.0 Å². The van der Waals surface area contributed by atoms with E-state index in [1.807, 2.05) is 19.1 Å². The fourth-order valence-electron chi connectivity index (χ4n) is 5.42. The molecule has 1 aliphatic heterocycles. The number of nitrogens with zero attached hydrogens (tertiary/aromatic N) is 2. The standard InChI is InChI=1S/C25H36N2O3S/c1-7-14-26(8-2)31(29,30)23-13-11-10-12-19(23)15-20-18(4)27(9-3)21-16-25(5,6)17-22(28)24(20)21/h7,10-13,21,24H,1,8-9,14-17H2,2-6H3. The van der Waals surface area contributed by atoms with Crippen LogP contribution in [-0.2, 0) is 21.2 Å². The fraction of sp³-hybridized carbons (Fsp3) is 0.560. The second-order valence-electron chi connectivity index (χ2n) is 9.48. The van der Waals surface area contributed by atoms with Crippen LogP contribution in [0, 0.1) is 11.3 Å². The van der Waals surface area contributed by atoms with Gasteiger partial charge in [0.1, 0.15) is 5.78 Å². The zero-order valence-corrected chi connectivity index (χ0v) is 20.3. The molecule has 1 fully saturated rings. The lowest BCUT2D eigenvalue weighted by atomic mass is 9.68. The highest BCUT2D eigenvalue weighted by Crippen LogP contribution is 2.47. The molecule has 0 amide bonds. The van der Waals surface area contributed by atoms with Crippen molar-refractivity contribution in [3.05, 3.63) is 53.8 Å². The number of Topliss-reactive ketones (excluding diaryl/α,β-unsaturated/α-hetero) is 1. The monoisotopic (exact) mass is 444 g/mol. The Bertz CT molecular complexity index is 994. The summed E-state index contributed by atoms with van der Waals surface area (Å²) in [6.07, 6.45) is 3.64. The van der Waals surface area contributed by atoms with E-state index in [2.05, 4.69) is 39.2 Å². The Morgan fingerprint density at radius 2 is 1.94 bits per heavy atom. The number of hydrogen-bond donors (Lipinski definition) is 0.